The van der Waals surface area contributed by atoms with Gasteiger partial charge in [-0.2, -0.15) is 0 Å². The van der Waals surface area contributed by atoms with Crippen LogP contribution in [0.15, 0.2) is 0 Å². The standard InChI is InChI=1S/C13H24O2/c1-8(2)13(15)12(14)7-11-6-9-3-4-10(11)5-9/h8-15H,3-7H2,1-2H3. The minimum Gasteiger partial charge on any atom is -0.390 e. The maximum absolute atomic E-state index is 9.93. The summed E-state index contributed by atoms with van der Waals surface area (Å²) in [7, 11) is 0. The molecule has 2 aliphatic rings. The molecule has 15 heavy (non-hydrogen) atoms. The zero-order valence-corrected chi connectivity index (χ0v) is 9.89. The van der Waals surface area contributed by atoms with Crippen LogP contribution in [0.1, 0.15) is 46.0 Å². The summed E-state index contributed by atoms with van der Waals surface area (Å²) in [6.45, 7) is 3.93. The van der Waals surface area contributed by atoms with Crippen molar-refractivity contribution in [3.8, 4) is 0 Å². The number of aliphatic hydroxyl groups excluding tert-OH is 2. The highest BCUT2D eigenvalue weighted by Crippen LogP contribution is 2.50. The Bertz CT molecular complexity index is 215. The number of rotatable bonds is 4. The van der Waals surface area contributed by atoms with Gasteiger partial charge in [0.2, 0.25) is 0 Å². The largest absolute Gasteiger partial charge is 0.390 e. The molecule has 2 nitrogen and oxygen atoms in total. The Hall–Kier alpha value is -0.0800. The van der Waals surface area contributed by atoms with Gasteiger partial charge in [0.1, 0.15) is 0 Å². The summed E-state index contributed by atoms with van der Waals surface area (Å²) in [6, 6.07) is 0. The van der Waals surface area contributed by atoms with Crippen molar-refractivity contribution >= 4 is 0 Å². The molecule has 0 aromatic carbocycles. The van der Waals surface area contributed by atoms with Crippen LogP contribution in [0.25, 0.3) is 0 Å². The first-order valence-electron chi connectivity index (χ1n) is 6.44. The minimum absolute atomic E-state index is 0.165. The quantitative estimate of drug-likeness (QED) is 0.750. The Morgan fingerprint density at radius 2 is 1.87 bits per heavy atom. The molecule has 0 saturated heterocycles. The van der Waals surface area contributed by atoms with Gasteiger partial charge in [-0.25, -0.2) is 0 Å². The molecular formula is C13H24O2. The van der Waals surface area contributed by atoms with Crippen molar-refractivity contribution in [2.75, 3.05) is 0 Å². The molecule has 0 aromatic rings. The molecule has 0 heterocycles. The first kappa shape index (κ1) is 11.4. The minimum atomic E-state index is -0.538. The van der Waals surface area contributed by atoms with E-state index in [9.17, 15) is 10.2 Å². The van der Waals surface area contributed by atoms with E-state index < -0.39 is 12.2 Å². The molecule has 0 spiro atoms. The Labute approximate surface area is 92.7 Å². The lowest BCUT2D eigenvalue weighted by Crippen LogP contribution is -2.33. The van der Waals surface area contributed by atoms with Gasteiger partial charge >= 0.3 is 0 Å². The number of fused-ring (bicyclic) bond motifs is 2. The fourth-order valence-electron chi connectivity index (χ4n) is 3.56. The summed E-state index contributed by atoms with van der Waals surface area (Å²) in [4.78, 5) is 0. The van der Waals surface area contributed by atoms with Crippen LogP contribution < -0.4 is 0 Å². The molecular weight excluding hydrogens is 188 g/mol. The second kappa shape index (κ2) is 4.42. The third-order valence-electron chi connectivity index (χ3n) is 4.51. The monoisotopic (exact) mass is 212 g/mol. The van der Waals surface area contributed by atoms with Gasteiger partial charge < -0.3 is 10.2 Å². The smallest absolute Gasteiger partial charge is 0.0822 e. The Morgan fingerprint density at radius 1 is 1.13 bits per heavy atom. The van der Waals surface area contributed by atoms with Crippen molar-refractivity contribution in [1.82, 2.24) is 0 Å². The van der Waals surface area contributed by atoms with Gasteiger partial charge in [0.05, 0.1) is 12.2 Å². The zero-order valence-electron chi connectivity index (χ0n) is 9.89. The van der Waals surface area contributed by atoms with E-state index in [1.165, 1.54) is 25.7 Å². The van der Waals surface area contributed by atoms with E-state index in [0.717, 1.165) is 18.3 Å². The highest BCUT2D eigenvalue weighted by Gasteiger charge is 2.40. The van der Waals surface area contributed by atoms with Gasteiger partial charge in [0, 0.05) is 0 Å². The molecule has 2 aliphatic carbocycles. The van der Waals surface area contributed by atoms with Crippen LogP contribution >= 0.6 is 0 Å². The van der Waals surface area contributed by atoms with Gasteiger partial charge in [-0.15, -0.1) is 0 Å². The van der Waals surface area contributed by atoms with Crippen molar-refractivity contribution in [3.05, 3.63) is 0 Å². The van der Waals surface area contributed by atoms with E-state index in [-0.39, 0.29) is 5.92 Å². The summed E-state index contributed by atoms with van der Waals surface area (Å²) in [6.07, 6.45) is 5.23. The summed E-state index contributed by atoms with van der Waals surface area (Å²) in [5.74, 6) is 2.64. The van der Waals surface area contributed by atoms with E-state index in [4.69, 9.17) is 0 Å². The average Bonchev–Trinajstić information content (AvgIpc) is 2.77. The molecule has 2 saturated carbocycles. The predicted octanol–water partition coefficient (Wildman–Crippen LogP) is 2.19. The van der Waals surface area contributed by atoms with Gasteiger partial charge in [-0.1, -0.05) is 20.3 Å². The first-order valence-corrected chi connectivity index (χ1v) is 6.44. The van der Waals surface area contributed by atoms with Crippen LogP contribution in [0.4, 0.5) is 0 Å². The van der Waals surface area contributed by atoms with Crippen LogP contribution in [-0.4, -0.2) is 22.4 Å². The lowest BCUT2D eigenvalue weighted by Gasteiger charge is -2.28. The van der Waals surface area contributed by atoms with Crippen molar-refractivity contribution in [3.63, 3.8) is 0 Å². The van der Waals surface area contributed by atoms with Crippen LogP contribution in [0, 0.1) is 23.7 Å². The highest BCUT2D eigenvalue weighted by molar-refractivity contribution is 4.91. The molecule has 2 heteroatoms. The Kier molecular flexibility index (Phi) is 3.36. The fraction of sp³-hybridized carbons (Fsp3) is 1.00. The third kappa shape index (κ3) is 2.36. The SMILES string of the molecule is CC(C)C(O)C(O)CC1CC2CCC1C2. The summed E-state index contributed by atoms with van der Waals surface area (Å²) >= 11 is 0. The normalized spacial score (nSPS) is 38.6. The van der Waals surface area contributed by atoms with E-state index in [2.05, 4.69) is 0 Å². The second-order valence-corrected chi connectivity index (χ2v) is 5.97. The van der Waals surface area contributed by atoms with Crippen molar-refractivity contribution in [2.24, 2.45) is 23.7 Å². The maximum atomic E-state index is 9.93. The van der Waals surface area contributed by atoms with E-state index in [1.807, 2.05) is 13.8 Å². The second-order valence-electron chi connectivity index (χ2n) is 5.97. The molecule has 2 bridgehead atoms. The number of hydrogen-bond donors (Lipinski definition) is 2. The molecule has 2 rings (SSSR count). The van der Waals surface area contributed by atoms with Crippen LogP contribution in [0.2, 0.25) is 0 Å². The topological polar surface area (TPSA) is 40.5 Å². The summed E-state index contributed by atoms with van der Waals surface area (Å²) < 4.78 is 0. The summed E-state index contributed by atoms with van der Waals surface area (Å²) in [5.41, 5.74) is 0. The molecule has 2 fully saturated rings. The molecule has 2 N–H and O–H groups in total. The lowest BCUT2D eigenvalue weighted by molar-refractivity contribution is -0.0242. The van der Waals surface area contributed by atoms with E-state index >= 15 is 0 Å². The van der Waals surface area contributed by atoms with Crippen molar-refractivity contribution in [1.29, 1.82) is 0 Å². The third-order valence-corrected chi connectivity index (χ3v) is 4.51. The molecule has 88 valence electrons. The van der Waals surface area contributed by atoms with Crippen LogP contribution in [0.3, 0.4) is 0 Å². The molecule has 5 unspecified atom stereocenters. The van der Waals surface area contributed by atoms with Gasteiger partial charge in [0.15, 0.2) is 0 Å². The molecule has 0 aliphatic heterocycles. The first-order chi connectivity index (χ1) is 7.08. The molecule has 5 atom stereocenters. The number of aliphatic hydroxyl groups is 2. The van der Waals surface area contributed by atoms with Gasteiger partial charge in [-0.3, -0.25) is 0 Å². The van der Waals surface area contributed by atoms with E-state index in [0.29, 0.717) is 5.92 Å². The fourth-order valence-corrected chi connectivity index (χ4v) is 3.56. The van der Waals surface area contributed by atoms with Crippen LogP contribution in [-0.2, 0) is 0 Å². The van der Waals surface area contributed by atoms with Crippen LogP contribution in [0.5, 0.6) is 0 Å². The molecule has 0 amide bonds. The Morgan fingerprint density at radius 3 is 2.33 bits per heavy atom. The molecule has 0 radical (unpaired) electrons. The number of hydrogen-bond acceptors (Lipinski definition) is 2. The Balaban J connectivity index is 1.82. The van der Waals surface area contributed by atoms with Crippen molar-refractivity contribution < 1.29 is 10.2 Å². The van der Waals surface area contributed by atoms with E-state index in [1.54, 1.807) is 0 Å². The maximum Gasteiger partial charge on any atom is 0.0822 e. The highest BCUT2D eigenvalue weighted by atomic mass is 16.3. The average molecular weight is 212 g/mol. The molecule has 0 aromatic heterocycles. The van der Waals surface area contributed by atoms with Gasteiger partial charge in [-0.05, 0) is 49.4 Å². The zero-order chi connectivity index (χ0) is 11.0. The summed E-state index contributed by atoms with van der Waals surface area (Å²) in [5, 5.41) is 19.7. The van der Waals surface area contributed by atoms with Gasteiger partial charge in [0.25, 0.3) is 0 Å². The lowest BCUT2D eigenvalue weighted by atomic mass is 9.83. The van der Waals surface area contributed by atoms with Crippen molar-refractivity contribution in [2.45, 2.75) is 58.2 Å². The predicted molar refractivity (Wildman–Crippen MR) is 60.4 cm³/mol.